The first-order valence-electron chi connectivity index (χ1n) is 8.01. The second-order valence-corrected chi connectivity index (χ2v) is 8.99. The van der Waals surface area contributed by atoms with Gasteiger partial charge in [-0.1, -0.05) is 0 Å². The second kappa shape index (κ2) is 10.3. The van der Waals surface area contributed by atoms with Crippen LogP contribution in [0.4, 0.5) is 17.1 Å². The first-order valence-corrected chi connectivity index (χ1v) is 10.8. The second-order valence-electron chi connectivity index (χ2n) is 6.26. The van der Waals surface area contributed by atoms with E-state index in [1.807, 2.05) is 0 Å². The molecule has 0 aromatic heterocycles. The number of phenolic OH excluding ortho intramolecular Hbond substituents is 2. The Balaban J connectivity index is 0.00000256. The maximum Gasteiger partial charge on any atom is 1.00 e. The fourth-order valence-electron chi connectivity index (χ4n) is 2.73. The van der Waals surface area contributed by atoms with Crippen molar-refractivity contribution in [3.63, 3.8) is 0 Å². The zero-order chi connectivity index (χ0) is 22.4. The molecular formula is C17H13N3Na2O8S2. The maximum atomic E-state index is 11.7. The van der Waals surface area contributed by atoms with Crippen LogP contribution in [-0.2, 0) is 20.2 Å². The molecule has 0 aliphatic heterocycles. The summed E-state index contributed by atoms with van der Waals surface area (Å²) in [5.74, 6) is -0.851. The number of nitrogens with zero attached hydrogens (tertiary/aromatic N) is 2. The molecule has 4 N–H and O–H groups in total. The van der Waals surface area contributed by atoms with Gasteiger partial charge in [0.15, 0.2) is 5.75 Å². The SMILES string of the molecule is Cc1cc(N=Nc2c(S(=O)(=O)[O-])cc3cc(S(=O)(=O)[O-])cc(N)c3c2O)ccc1O.[Na+].[Na+]. The zero-order valence-electron chi connectivity index (χ0n) is 17.1. The molecule has 0 aliphatic carbocycles. The van der Waals surface area contributed by atoms with Crippen LogP contribution in [0.5, 0.6) is 11.5 Å². The van der Waals surface area contributed by atoms with Crippen LogP contribution in [0, 0.1) is 6.92 Å². The molecule has 0 aliphatic rings. The van der Waals surface area contributed by atoms with E-state index in [9.17, 15) is 36.2 Å². The van der Waals surface area contributed by atoms with E-state index in [0.29, 0.717) is 5.56 Å². The van der Waals surface area contributed by atoms with Crippen LogP contribution in [-0.4, -0.2) is 36.2 Å². The standard InChI is InChI=1S/C17H15N3O8S2.2Na/c1-8-4-10(2-3-13(8)21)19-20-16-14(30(26,27)28)6-9-5-11(29(23,24)25)7-12(18)15(9)17(16)22;;/h2-7,21-22H,18H2,1H3,(H,23,24,25)(H,26,27,28);;/q;2*+1/p-2. The molecule has 0 spiro atoms. The van der Waals surface area contributed by atoms with E-state index in [2.05, 4.69) is 10.2 Å². The fraction of sp³-hybridized carbons (Fsp3) is 0.0588. The van der Waals surface area contributed by atoms with Gasteiger partial charge in [0.2, 0.25) is 0 Å². The number of rotatable bonds is 4. The Hall–Kier alpha value is -1.26. The quantitative estimate of drug-likeness (QED) is 0.141. The van der Waals surface area contributed by atoms with E-state index in [-0.39, 0.29) is 87.0 Å². The minimum Gasteiger partial charge on any atom is -0.744 e. The number of nitrogen functional groups attached to an aromatic ring is 1. The fourth-order valence-corrected chi connectivity index (χ4v) is 3.92. The Bertz CT molecular complexity index is 1440. The summed E-state index contributed by atoms with van der Waals surface area (Å²) in [4.78, 5) is -1.76. The Kier molecular flexibility index (Phi) is 9.30. The van der Waals surface area contributed by atoms with Crippen LogP contribution in [0.1, 0.15) is 5.56 Å². The summed E-state index contributed by atoms with van der Waals surface area (Å²) < 4.78 is 68.9. The van der Waals surface area contributed by atoms with Crippen molar-refractivity contribution < 1.29 is 95.3 Å². The van der Waals surface area contributed by atoms with Gasteiger partial charge >= 0.3 is 59.1 Å². The van der Waals surface area contributed by atoms with Gasteiger partial charge in [-0.05, 0) is 54.3 Å². The van der Waals surface area contributed by atoms with Crippen LogP contribution in [0.25, 0.3) is 10.8 Å². The van der Waals surface area contributed by atoms with Crippen molar-refractivity contribution in [1.29, 1.82) is 0 Å². The van der Waals surface area contributed by atoms with Crippen molar-refractivity contribution in [2.45, 2.75) is 16.7 Å². The molecule has 3 aromatic rings. The normalized spacial score (nSPS) is 11.8. The molecule has 3 aromatic carbocycles. The third-order valence-corrected chi connectivity index (χ3v) is 5.82. The van der Waals surface area contributed by atoms with Gasteiger partial charge in [0, 0.05) is 11.1 Å². The Labute approximate surface area is 227 Å². The third-order valence-electron chi connectivity index (χ3n) is 4.16. The van der Waals surface area contributed by atoms with Crippen LogP contribution >= 0.6 is 0 Å². The van der Waals surface area contributed by atoms with E-state index < -0.39 is 41.5 Å². The van der Waals surface area contributed by atoms with Crippen LogP contribution in [0.15, 0.2) is 56.4 Å². The van der Waals surface area contributed by atoms with Crippen molar-refractivity contribution in [3.05, 3.63) is 42.0 Å². The molecule has 158 valence electrons. The van der Waals surface area contributed by atoms with Gasteiger partial charge in [-0.15, -0.1) is 5.11 Å². The number of phenols is 2. The molecule has 0 heterocycles. The summed E-state index contributed by atoms with van der Waals surface area (Å²) in [5.41, 5.74) is 5.29. The summed E-state index contributed by atoms with van der Waals surface area (Å²) in [6.07, 6.45) is 0. The summed E-state index contributed by atoms with van der Waals surface area (Å²) in [6.45, 7) is 1.58. The van der Waals surface area contributed by atoms with Crippen molar-refractivity contribution in [1.82, 2.24) is 0 Å². The van der Waals surface area contributed by atoms with Gasteiger partial charge in [0.1, 0.15) is 31.7 Å². The molecule has 0 fully saturated rings. The van der Waals surface area contributed by atoms with Gasteiger partial charge in [0.25, 0.3) is 0 Å². The molecule has 0 radical (unpaired) electrons. The predicted molar refractivity (Wildman–Crippen MR) is 103 cm³/mol. The van der Waals surface area contributed by atoms with Crippen molar-refractivity contribution in [2.24, 2.45) is 10.2 Å². The number of hydrogen-bond donors (Lipinski definition) is 3. The van der Waals surface area contributed by atoms with Crippen LogP contribution < -0.4 is 64.8 Å². The van der Waals surface area contributed by atoms with E-state index in [1.54, 1.807) is 6.92 Å². The Morgan fingerprint density at radius 3 is 2.06 bits per heavy atom. The van der Waals surface area contributed by atoms with Gasteiger partial charge in [-0.3, -0.25) is 0 Å². The first-order chi connectivity index (χ1) is 13.8. The summed E-state index contributed by atoms with van der Waals surface area (Å²) in [6, 6.07) is 6.42. The smallest absolute Gasteiger partial charge is 0.744 e. The molecule has 0 saturated heterocycles. The zero-order valence-corrected chi connectivity index (χ0v) is 22.7. The maximum absolute atomic E-state index is 11.7. The van der Waals surface area contributed by atoms with E-state index in [1.165, 1.54) is 18.2 Å². The largest absolute Gasteiger partial charge is 1.00 e. The molecular weight excluding hydrogens is 484 g/mol. The predicted octanol–water partition coefficient (Wildman–Crippen LogP) is -3.63. The number of hydrogen-bond acceptors (Lipinski definition) is 11. The average molecular weight is 497 g/mol. The van der Waals surface area contributed by atoms with Gasteiger partial charge in [-0.2, -0.15) is 5.11 Å². The number of nitrogens with two attached hydrogens (primary N) is 1. The monoisotopic (exact) mass is 497 g/mol. The van der Waals surface area contributed by atoms with Crippen molar-refractivity contribution >= 4 is 48.1 Å². The molecule has 0 amide bonds. The minimum absolute atomic E-state index is 0. The van der Waals surface area contributed by atoms with Crippen molar-refractivity contribution in [2.75, 3.05) is 5.73 Å². The summed E-state index contributed by atoms with van der Waals surface area (Å²) >= 11 is 0. The average Bonchev–Trinajstić information content (AvgIpc) is 2.61. The molecule has 15 heteroatoms. The molecule has 0 unspecified atom stereocenters. The molecule has 3 rings (SSSR count). The molecule has 32 heavy (non-hydrogen) atoms. The third kappa shape index (κ3) is 5.99. The van der Waals surface area contributed by atoms with Gasteiger partial charge in [0.05, 0.1) is 15.5 Å². The topological polar surface area (TPSA) is 206 Å². The molecule has 0 saturated carbocycles. The van der Waals surface area contributed by atoms with E-state index >= 15 is 0 Å². The number of azo groups is 1. The van der Waals surface area contributed by atoms with E-state index in [4.69, 9.17) is 5.73 Å². The van der Waals surface area contributed by atoms with Crippen LogP contribution in [0.3, 0.4) is 0 Å². The van der Waals surface area contributed by atoms with E-state index in [0.717, 1.165) is 18.2 Å². The minimum atomic E-state index is -5.20. The summed E-state index contributed by atoms with van der Waals surface area (Å²) in [7, 11) is -10.1. The Morgan fingerprint density at radius 2 is 1.53 bits per heavy atom. The van der Waals surface area contributed by atoms with Crippen molar-refractivity contribution in [3.8, 4) is 11.5 Å². The number of aromatic hydroxyl groups is 2. The number of anilines is 1. The van der Waals surface area contributed by atoms with Gasteiger partial charge in [-0.25, -0.2) is 16.8 Å². The number of fused-ring (bicyclic) bond motifs is 1. The first kappa shape index (κ1) is 28.8. The molecule has 0 atom stereocenters. The van der Waals surface area contributed by atoms with Gasteiger partial charge < -0.3 is 25.1 Å². The Morgan fingerprint density at radius 1 is 0.906 bits per heavy atom. The number of aryl methyl sites for hydroxylation is 1. The molecule has 0 bridgehead atoms. The molecule has 11 nitrogen and oxygen atoms in total. The number of benzene rings is 3. The summed E-state index contributed by atoms with van der Waals surface area (Å²) in [5, 5.41) is 27.0. The van der Waals surface area contributed by atoms with Crippen LogP contribution in [0.2, 0.25) is 0 Å².